The van der Waals surface area contributed by atoms with Crippen molar-refractivity contribution < 1.29 is 13.2 Å². The van der Waals surface area contributed by atoms with Gasteiger partial charge in [-0.15, -0.1) is 0 Å². The Morgan fingerprint density at radius 2 is 1.85 bits per heavy atom. The predicted molar refractivity (Wildman–Crippen MR) is 103 cm³/mol. The third kappa shape index (κ3) is 4.01. The van der Waals surface area contributed by atoms with E-state index in [0.29, 0.717) is 10.2 Å². The smallest absolute Gasteiger partial charge is 0.295 e. The Morgan fingerprint density at radius 1 is 1.19 bits per heavy atom. The van der Waals surface area contributed by atoms with Crippen LogP contribution in [-0.2, 0) is 0 Å². The molecule has 0 amide bonds. The molecule has 0 atom stereocenters. The molecule has 140 valence electrons. The van der Waals surface area contributed by atoms with Gasteiger partial charge in [-0.25, -0.2) is 9.67 Å². The van der Waals surface area contributed by atoms with Crippen molar-refractivity contribution in [3.63, 3.8) is 0 Å². The normalized spacial score (nSPS) is 12.4. The van der Waals surface area contributed by atoms with Gasteiger partial charge in [-0.3, -0.25) is 9.89 Å². The molecule has 0 unspecified atom stereocenters. The van der Waals surface area contributed by atoms with Gasteiger partial charge in [0.25, 0.3) is 5.56 Å². The average Bonchev–Trinajstić information content (AvgIpc) is 2.90. The van der Waals surface area contributed by atoms with E-state index in [1.54, 1.807) is 30.3 Å². The van der Waals surface area contributed by atoms with Crippen LogP contribution < -0.4 is 5.56 Å². The number of hydrogen-bond acceptors (Lipinski definition) is 2. The maximum atomic E-state index is 13.7. The fourth-order valence-corrected chi connectivity index (χ4v) is 2.95. The van der Waals surface area contributed by atoms with E-state index in [4.69, 9.17) is 11.6 Å². The molecule has 0 saturated carbocycles. The van der Waals surface area contributed by atoms with Gasteiger partial charge in [0, 0.05) is 10.2 Å². The predicted octanol–water partition coefficient (Wildman–Crippen LogP) is 5.57. The number of rotatable bonds is 3. The molecule has 9 heteroatoms. The molecule has 0 fully saturated rings. The van der Waals surface area contributed by atoms with Gasteiger partial charge in [-0.2, -0.15) is 13.2 Å². The Bertz CT molecular complexity index is 1070. The van der Waals surface area contributed by atoms with E-state index >= 15 is 0 Å². The first-order chi connectivity index (χ1) is 12.7. The molecule has 1 aromatic heterocycles. The second-order valence-electron chi connectivity index (χ2n) is 5.64. The first kappa shape index (κ1) is 19.4. The standard InChI is InChI=1S/C18H12BrClF3N3O/c1-10-15(17(27)26(25-10)12-5-3-2-4-6-12)16(18(21,22)23)24-11-7-8-13(19)14(20)9-11/h2-9,25H,1H3. The lowest BCUT2D eigenvalue weighted by atomic mass is 10.1. The quantitative estimate of drug-likeness (QED) is 0.512. The van der Waals surface area contributed by atoms with Crippen LogP contribution in [0.15, 0.2) is 62.8 Å². The summed E-state index contributed by atoms with van der Waals surface area (Å²) in [5.74, 6) is 0. The van der Waals surface area contributed by atoms with Crippen molar-refractivity contribution in [2.75, 3.05) is 0 Å². The van der Waals surface area contributed by atoms with Crippen LogP contribution >= 0.6 is 27.5 Å². The van der Waals surface area contributed by atoms with E-state index in [1.165, 1.54) is 25.1 Å². The van der Waals surface area contributed by atoms with Crippen molar-refractivity contribution in [1.29, 1.82) is 0 Å². The summed E-state index contributed by atoms with van der Waals surface area (Å²) in [6.07, 6.45) is -4.83. The fourth-order valence-electron chi connectivity index (χ4n) is 2.53. The maximum absolute atomic E-state index is 13.7. The molecule has 2 aromatic carbocycles. The number of aromatic nitrogens is 2. The summed E-state index contributed by atoms with van der Waals surface area (Å²) >= 11 is 9.11. The van der Waals surface area contributed by atoms with Gasteiger partial charge < -0.3 is 0 Å². The Kier molecular flexibility index (Phi) is 5.30. The minimum absolute atomic E-state index is 0.0122. The summed E-state index contributed by atoms with van der Waals surface area (Å²) in [6, 6.07) is 12.5. The zero-order valence-corrected chi connectivity index (χ0v) is 16.2. The highest BCUT2D eigenvalue weighted by Gasteiger charge is 2.40. The molecule has 0 saturated heterocycles. The Morgan fingerprint density at radius 3 is 2.44 bits per heavy atom. The van der Waals surface area contributed by atoms with Gasteiger partial charge >= 0.3 is 6.18 Å². The number of H-pyrrole nitrogens is 1. The lowest BCUT2D eigenvalue weighted by Gasteiger charge is -2.10. The number of hydrogen-bond donors (Lipinski definition) is 1. The number of aromatic amines is 1. The molecule has 0 bridgehead atoms. The van der Waals surface area contributed by atoms with Gasteiger partial charge in [-0.05, 0) is 53.2 Å². The Labute approximate surface area is 165 Å². The fraction of sp³-hybridized carbons (Fsp3) is 0.111. The number of alkyl halides is 3. The van der Waals surface area contributed by atoms with Crippen LogP contribution in [0.2, 0.25) is 5.02 Å². The molecule has 0 radical (unpaired) electrons. The molecule has 0 aliphatic carbocycles. The van der Waals surface area contributed by atoms with Crippen LogP contribution in [0, 0.1) is 6.92 Å². The number of halogens is 5. The molecule has 0 aliphatic heterocycles. The third-order valence-electron chi connectivity index (χ3n) is 3.74. The van der Waals surface area contributed by atoms with Crippen molar-refractivity contribution in [2.24, 2.45) is 4.99 Å². The second-order valence-corrected chi connectivity index (χ2v) is 6.91. The molecular formula is C18H12BrClF3N3O. The number of nitrogens with one attached hydrogen (secondary N) is 1. The van der Waals surface area contributed by atoms with Crippen LogP contribution in [0.5, 0.6) is 0 Å². The van der Waals surface area contributed by atoms with Crippen molar-refractivity contribution >= 4 is 38.9 Å². The third-order valence-corrected chi connectivity index (χ3v) is 4.97. The van der Waals surface area contributed by atoms with Crippen LogP contribution in [0.1, 0.15) is 11.3 Å². The topological polar surface area (TPSA) is 50.1 Å². The van der Waals surface area contributed by atoms with Crippen LogP contribution in [0.25, 0.3) is 5.69 Å². The zero-order chi connectivity index (χ0) is 19.8. The van der Waals surface area contributed by atoms with Crippen LogP contribution in [-0.4, -0.2) is 21.7 Å². The summed E-state index contributed by atoms with van der Waals surface area (Å²) in [6.45, 7) is 1.39. The Hall–Kier alpha value is -2.32. The van der Waals surface area contributed by atoms with E-state index in [0.717, 1.165) is 4.68 Å². The van der Waals surface area contributed by atoms with Gasteiger partial charge in [-0.1, -0.05) is 29.8 Å². The minimum Gasteiger partial charge on any atom is -0.295 e. The molecule has 0 aliphatic rings. The monoisotopic (exact) mass is 457 g/mol. The first-order valence-electron chi connectivity index (χ1n) is 7.67. The lowest BCUT2D eigenvalue weighted by molar-refractivity contribution is -0.0580. The highest BCUT2D eigenvalue weighted by atomic mass is 79.9. The summed E-state index contributed by atoms with van der Waals surface area (Å²) in [7, 11) is 0. The van der Waals surface area contributed by atoms with Gasteiger partial charge in [0.05, 0.1) is 22.0 Å². The number of para-hydroxylation sites is 1. The minimum atomic E-state index is -4.83. The molecule has 0 spiro atoms. The largest absolute Gasteiger partial charge is 0.434 e. The van der Waals surface area contributed by atoms with Crippen molar-refractivity contribution in [2.45, 2.75) is 13.1 Å². The van der Waals surface area contributed by atoms with Gasteiger partial charge in [0.1, 0.15) is 0 Å². The maximum Gasteiger partial charge on any atom is 0.434 e. The molecule has 3 rings (SSSR count). The van der Waals surface area contributed by atoms with Gasteiger partial charge in [0.15, 0.2) is 5.71 Å². The molecule has 1 heterocycles. The summed E-state index contributed by atoms with van der Waals surface area (Å²) in [5, 5.41) is 2.89. The number of nitrogens with zero attached hydrogens (tertiary/aromatic N) is 2. The average molecular weight is 459 g/mol. The van der Waals surface area contributed by atoms with Crippen molar-refractivity contribution in [3.05, 3.63) is 79.6 Å². The summed E-state index contributed by atoms with van der Waals surface area (Å²) in [4.78, 5) is 16.4. The molecule has 4 nitrogen and oxygen atoms in total. The van der Waals surface area contributed by atoms with E-state index in [-0.39, 0.29) is 16.4 Å². The lowest BCUT2D eigenvalue weighted by Crippen LogP contribution is -2.30. The number of benzene rings is 2. The summed E-state index contributed by atoms with van der Waals surface area (Å²) in [5.41, 5.74) is -2.19. The van der Waals surface area contributed by atoms with E-state index < -0.39 is 23.0 Å². The van der Waals surface area contributed by atoms with Crippen LogP contribution in [0.4, 0.5) is 18.9 Å². The van der Waals surface area contributed by atoms with Crippen molar-refractivity contribution in [3.8, 4) is 5.69 Å². The molecular weight excluding hydrogens is 447 g/mol. The molecule has 27 heavy (non-hydrogen) atoms. The van der Waals surface area contributed by atoms with Crippen molar-refractivity contribution in [1.82, 2.24) is 9.78 Å². The Balaban J connectivity index is 2.21. The summed E-state index contributed by atoms with van der Waals surface area (Å²) < 4.78 is 42.7. The van der Waals surface area contributed by atoms with Gasteiger partial charge in [0.2, 0.25) is 0 Å². The highest BCUT2D eigenvalue weighted by Crippen LogP contribution is 2.30. The highest BCUT2D eigenvalue weighted by molar-refractivity contribution is 9.10. The molecule has 1 N–H and O–H groups in total. The number of aryl methyl sites for hydroxylation is 1. The zero-order valence-electron chi connectivity index (χ0n) is 13.8. The molecule has 3 aromatic rings. The van der Waals surface area contributed by atoms with E-state index in [2.05, 4.69) is 26.0 Å². The SMILES string of the molecule is Cc1[nH]n(-c2ccccc2)c(=O)c1C(=Nc1ccc(Br)c(Cl)c1)C(F)(F)F. The number of aliphatic imine (C=N–C) groups is 1. The van der Waals surface area contributed by atoms with Crippen LogP contribution in [0.3, 0.4) is 0 Å². The van der Waals surface area contributed by atoms with E-state index in [1.807, 2.05) is 0 Å². The first-order valence-corrected chi connectivity index (χ1v) is 8.84. The second kappa shape index (κ2) is 7.36. The van der Waals surface area contributed by atoms with E-state index in [9.17, 15) is 18.0 Å².